The molecule has 2 rings (SSSR count). The van der Waals surface area contributed by atoms with Gasteiger partial charge in [0, 0.05) is 0 Å². The van der Waals surface area contributed by atoms with Gasteiger partial charge < -0.3 is 5.11 Å². The number of phenolic OH excluding ortho intramolecular Hbond substituents is 1. The molecule has 0 aliphatic rings. The molecule has 4 heteroatoms. The number of phenols is 1. The molecule has 2 N–H and O–H groups in total. The number of hydrogen-bond donors (Lipinski definition) is 2. The van der Waals surface area contributed by atoms with Crippen LogP contribution in [0.25, 0.3) is 0 Å². The largest absolute Gasteiger partial charge is 0.507 e. The fraction of sp³-hybridized carbons (Fsp3) is 0.176. The number of aromatic hydroxyl groups is 1. The SMILES string of the molecule is CC(C)/C(=N\NC(=O)c1ccccc1O)c1ccccc1. The highest BCUT2D eigenvalue weighted by atomic mass is 16.3. The second-order valence-corrected chi connectivity index (χ2v) is 4.98. The van der Waals surface area contributed by atoms with E-state index in [1.54, 1.807) is 18.2 Å². The van der Waals surface area contributed by atoms with Crippen LogP contribution in [0.3, 0.4) is 0 Å². The maximum absolute atomic E-state index is 12.0. The minimum atomic E-state index is -0.429. The molecule has 0 bridgehead atoms. The molecular weight excluding hydrogens is 264 g/mol. The average molecular weight is 282 g/mol. The number of amides is 1. The number of carbonyl (C=O) groups excluding carboxylic acids is 1. The Bertz CT molecular complexity index is 649. The standard InChI is InChI=1S/C17H18N2O2/c1-12(2)16(13-8-4-3-5-9-13)18-19-17(21)14-10-6-7-11-15(14)20/h3-12,20H,1-2H3,(H,19,21)/b18-16+. The van der Waals surface area contributed by atoms with Crippen molar-refractivity contribution in [1.82, 2.24) is 5.43 Å². The predicted molar refractivity (Wildman–Crippen MR) is 83.4 cm³/mol. The molecule has 0 unspecified atom stereocenters. The van der Waals surface area contributed by atoms with E-state index in [0.29, 0.717) is 0 Å². The molecule has 0 heterocycles. The van der Waals surface area contributed by atoms with Crippen molar-refractivity contribution in [3.8, 4) is 5.75 Å². The number of nitrogens with zero attached hydrogens (tertiary/aromatic N) is 1. The van der Waals surface area contributed by atoms with Crippen molar-refractivity contribution in [1.29, 1.82) is 0 Å². The Balaban J connectivity index is 2.22. The van der Waals surface area contributed by atoms with E-state index in [1.807, 2.05) is 44.2 Å². The third kappa shape index (κ3) is 3.69. The van der Waals surface area contributed by atoms with Gasteiger partial charge in [-0.15, -0.1) is 0 Å². The Morgan fingerprint density at radius 2 is 1.67 bits per heavy atom. The summed E-state index contributed by atoms with van der Waals surface area (Å²) in [6.45, 7) is 4.02. The van der Waals surface area contributed by atoms with Crippen LogP contribution in [0.4, 0.5) is 0 Å². The predicted octanol–water partition coefficient (Wildman–Crippen LogP) is 3.18. The van der Waals surface area contributed by atoms with Gasteiger partial charge in [-0.3, -0.25) is 4.79 Å². The van der Waals surface area contributed by atoms with Gasteiger partial charge in [-0.2, -0.15) is 5.10 Å². The van der Waals surface area contributed by atoms with Gasteiger partial charge in [0.2, 0.25) is 0 Å². The smallest absolute Gasteiger partial charge is 0.275 e. The molecule has 0 radical (unpaired) electrons. The number of nitrogens with one attached hydrogen (secondary N) is 1. The van der Waals surface area contributed by atoms with Gasteiger partial charge in [0.15, 0.2) is 0 Å². The van der Waals surface area contributed by atoms with Crippen molar-refractivity contribution in [2.45, 2.75) is 13.8 Å². The van der Waals surface area contributed by atoms with Gasteiger partial charge in [-0.05, 0) is 23.6 Å². The lowest BCUT2D eigenvalue weighted by Crippen LogP contribution is -2.22. The minimum absolute atomic E-state index is 0.0593. The number of para-hydroxylation sites is 1. The van der Waals surface area contributed by atoms with Gasteiger partial charge >= 0.3 is 0 Å². The topological polar surface area (TPSA) is 61.7 Å². The van der Waals surface area contributed by atoms with E-state index < -0.39 is 5.91 Å². The Morgan fingerprint density at radius 3 is 2.29 bits per heavy atom. The van der Waals surface area contributed by atoms with Crippen LogP contribution in [0.2, 0.25) is 0 Å². The van der Waals surface area contributed by atoms with Crippen LogP contribution in [0.15, 0.2) is 59.7 Å². The third-order valence-electron chi connectivity index (χ3n) is 3.04. The molecule has 0 atom stereocenters. The summed E-state index contributed by atoms with van der Waals surface area (Å²) in [5.41, 5.74) is 4.47. The van der Waals surface area contributed by atoms with Gasteiger partial charge in [-0.1, -0.05) is 56.3 Å². The van der Waals surface area contributed by atoms with Crippen molar-refractivity contribution >= 4 is 11.6 Å². The Kier molecular flexibility index (Phi) is 4.72. The van der Waals surface area contributed by atoms with Crippen LogP contribution in [0.1, 0.15) is 29.8 Å². The zero-order valence-corrected chi connectivity index (χ0v) is 12.1. The molecule has 0 aliphatic carbocycles. The lowest BCUT2D eigenvalue weighted by atomic mass is 10.0. The number of hydrogen-bond acceptors (Lipinski definition) is 3. The highest BCUT2D eigenvalue weighted by Gasteiger charge is 2.12. The Hall–Kier alpha value is -2.62. The number of benzene rings is 2. The van der Waals surface area contributed by atoms with Crippen LogP contribution in [-0.2, 0) is 0 Å². The first-order valence-electron chi connectivity index (χ1n) is 6.81. The fourth-order valence-electron chi connectivity index (χ4n) is 1.97. The lowest BCUT2D eigenvalue weighted by Gasteiger charge is -2.11. The normalized spacial score (nSPS) is 11.5. The summed E-state index contributed by atoms with van der Waals surface area (Å²) in [7, 11) is 0. The summed E-state index contributed by atoms with van der Waals surface area (Å²) < 4.78 is 0. The van der Waals surface area contributed by atoms with Gasteiger partial charge in [0.25, 0.3) is 5.91 Å². The van der Waals surface area contributed by atoms with Crippen LogP contribution >= 0.6 is 0 Å². The monoisotopic (exact) mass is 282 g/mol. The number of rotatable bonds is 4. The molecule has 108 valence electrons. The van der Waals surface area contributed by atoms with E-state index in [9.17, 15) is 9.90 Å². The maximum atomic E-state index is 12.0. The molecule has 2 aromatic carbocycles. The summed E-state index contributed by atoms with van der Waals surface area (Å²) in [6, 6.07) is 16.1. The van der Waals surface area contributed by atoms with Crippen molar-refractivity contribution in [2.75, 3.05) is 0 Å². The average Bonchev–Trinajstić information content (AvgIpc) is 2.48. The van der Waals surface area contributed by atoms with E-state index in [0.717, 1.165) is 11.3 Å². The number of carbonyl (C=O) groups is 1. The molecule has 0 aromatic heterocycles. The summed E-state index contributed by atoms with van der Waals surface area (Å²) in [5.74, 6) is -0.324. The molecule has 1 amide bonds. The minimum Gasteiger partial charge on any atom is -0.507 e. The van der Waals surface area contributed by atoms with Crippen molar-refractivity contribution in [3.63, 3.8) is 0 Å². The van der Waals surface area contributed by atoms with Crippen molar-refractivity contribution in [2.24, 2.45) is 11.0 Å². The molecule has 0 saturated heterocycles. The Morgan fingerprint density at radius 1 is 1.05 bits per heavy atom. The maximum Gasteiger partial charge on any atom is 0.275 e. The van der Waals surface area contributed by atoms with E-state index in [-0.39, 0.29) is 17.2 Å². The zero-order valence-electron chi connectivity index (χ0n) is 12.1. The summed E-state index contributed by atoms with van der Waals surface area (Å²) >= 11 is 0. The van der Waals surface area contributed by atoms with Crippen LogP contribution in [0, 0.1) is 5.92 Å². The second-order valence-electron chi connectivity index (χ2n) is 4.98. The van der Waals surface area contributed by atoms with Crippen LogP contribution in [-0.4, -0.2) is 16.7 Å². The molecule has 0 fully saturated rings. The van der Waals surface area contributed by atoms with E-state index in [2.05, 4.69) is 10.5 Å². The first-order chi connectivity index (χ1) is 10.1. The Labute approximate surface area is 124 Å². The summed E-state index contributed by atoms with van der Waals surface area (Å²) in [4.78, 5) is 12.0. The molecule has 0 saturated carbocycles. The highest BCUT2D eigenvalue weighted by molar-refractivity contribution is 6.03. The molecule has 2 aromatic rings. The van der Waals surface area contributed by atoms with Gasteiger partial charge in [-0.25, -0.2) is 5.43 Å². The van der Waals surface area contributed by atoms with Crippen molar-refractivity contribution in [3.05, 3.63) is 65.7 Å². The van der Waals surface area contributed by atoms with E-state index in [1.165, 1.54) is 6.07 Å². The first kappa shape index (κ1) is 14.8. The highest BCUT2D eigenvalue weighted by Crippen LogP contribution is 2.15. The zero-order chi connectivity index (χ0) is 15.2. The van der Waals surface area contributed by atoms with Crippen LogP contribution < -0.4 is 5.43 Å². The molecular formula is C17H18N2O2. The number of hydrazone groups is 1. The van der Waals surface area contributed by atoms with E-state index >= 15 is 0 Å². The van der Waals surface area contributed by atoms with Gasteiger partial charge in [0.05, 0.1) is 11.3 Å². The summed E-state index contributed by atoms with van der Waals surface area (Å²) in [5, 5.41) is 13.9. The molecule has 0 aliphatic heterocycles. The summed E-state index contributed by atoms with van der Waals surface area (Å²) in [6.07, 6.45) is 0. The van der Waals surface area contributed by atoms with Crippen LogP contribution in [0.5, 0.6) is 5.75 Å². The van der Waals surface area contributed by atoms with Crippen molar-refractivity contribution < 1.29 is 9.90 Å². The quantitative estimate of drug-likeness (QED) is 0.668. The second kappa shape index (κ2) is 6.70. The van der Waals surface area contributed by atoms with E-state index in [4.69, 9.17) is 0 Å². The molecule has 0 spiro atoms. The fourth-order valence-corrected chi connectivity index (χ4v) is 1.97. The lowest BCUT2D eigenvalue weighted by molar-refractivity contribution is 0.0952. The van der Waals surface area contributed by atoms with Gasteiger partial charge in [0.1, 0.15) is 5.75 Å². The molecule has 21 heavy (non-hydrogen) atoms. The molecule has 4 nitrogen and oxygen atoms in total. The third-order valence-corrected chi connectivity index (χ3v) is 3.04. The first-order valence-corrected chi connectivity index (χ1v) is 6.81.